The molecule has 0 spiro atoms. The Balaban J connectivity index is 2.59. The highest BCUT2D eigenvalue weighted by molar-refractivity contribution is 6.65. The van der Waals surface area contributed by atoms with Gasteiger partial charge in [-0.25, -0.2) is 0 Å². The van der Waals surface area contributed by atoms with Gasteiger partial charge in [-0.3, -0.25) is 10.1 Å². The first-order chi connectivity index (χ1) is 9.32. The van der Waals surface area contributed by atoms with E-state index in [0.29, 0.717) is 12.5 Å². The first kappa shape index (κ1) is 16.7. The average Bonchev–Trinajstić information content (AvgIpc) is 2.34. The van der Waals surface area contributed by atoms with Crippen molar-refractivity contribution in [3.05, 3.63) is 34.4 Å². The first-order valence-electron chi connectivity index (χ1n) is 6.88. The summed E-state index contributed by atoms with van der Waals surface area (Å²) in [6, 6.07) is 6.41. The van der Waals surface area contributed by atoms with Crippen LogP contribution in [0.25, 0.3) is 0 Å². The Hall–Kier alpha value is -1.40. The van der Waals surface area contributed by atoms with Gasteiger partial charge in [0.15, 0.2) is 5.75 Å². The molecule has 0 aromatic heterocycles. The Kier molecular flexibility index (Phi) is 6.16. The average molecular weight is 297 g/mol. The van der Waals surface area contributed by atoms with Gasteiger partial charge in [0.2, 0.25) is 0 Å². The van der Waals surface area contributed by atoms with E-state index in [1.807, 2.05) is 13.1 Å². The zero-order chi connectivity index (χ0) is 15.2. The SMILES string of the molecule is CC(C)CCCO[Si](C)(C)Oc1ccccc1[N+](=O)[O-]. The molecule has 5 nitrogen and oxygen atoms in total. The molecule has 0 saturated heterocycles. The standard InChI is InChI=1S/C14H23NO4Si/c1-12(2)8-7-11-18-20(3,4)19-14-10-6-5-9-13(14)15(16)17/h5-6,9-10,12H,7-8,11H2,1-4H3. The second kappa shape index (κ2) is 7.40. The summed E-state index contributed by atoms with van der Waals surface area (Å²) in [5, 5.41) is 10.9. The van der Waals surface area contributed by atoms with Crippen LogP contribution in [0.4, 0.5) is 5.69 Å². The van der Waals surface area contributed by atoms with Gasteiger partial charge < -0.3 is 8.85 Å². The van der Waals surface area contributed by atoms with E-state index in [4.69, 9.17) is 8.85 Å². The lowest BCUT2D eigenvalue weighted by molar-refractivity contribution is -0.385. The number of benzene rings is 1. The van der Waals surface area contributed by atoms with Crippen LogP contribution in [0.5, 0.6) is 5.75 Å². The maximum Gasteiger partial charge on any atom is 0.392 e. The second-order valence-corrected chi connectivity index (χ2v) is 8.90. The van der Waals surface area contributed by atoms with Crippen LogP contribution in [0.3, 0.4) is 0 Å². The quantitative estimate of drug-likeness (QED) is 0.313. The molecule has 0 radical (unpaired) electrons. The van der Waals surface area contributed by atoms with Crippen molar-refractivity contribution < 1.29 is 13.8 Å². The van der Waals surface area contributed by atoms with Crippen LogP contribution in [0.1, 0.15) is 26.7 Å². The van der Waals surface area contributed by atoms with Crippen molar-refractivity contribution in [3.63, 3.8) is 0 Å². The Morgan fingerprint density at radius 2 is 1.95 bits per heavy atom. The number of hydrogen-bond acceptors (Lipinski definition) is 4. The van der Waals surface area contributed by atoms with Crippen molar-refractivity contribution in [1.29, 1.82) is 0 Å². The maximum atomic E-state index is 10.9. The van der Waals surface area contributed by atoms with Crippen molar-refractivity contribution in [1.82, 2.24) is 0 Å². The topological polar surface area (TPSA) is 61.6 Å². The van der Waals surface area contributed by atoms with E-state index < -0.39 is 13.5 Å². The fraction of sp³-hybridized carbons (Fsp3) is 0.571. The van der Waals surface area contributed by atoms with E-state index in [0.717, 1.165) is 12.8 Å². The van der Waals surface area contributed by atoms with Crippen molar-refractivity contribution in [2.75, 3.05) is 6.61 Å². The van der Waals surface area contributed by atoms with Gasteiger partial charge in [0.1, 0.15) is 0 Å². The number of hydrogen-bond donors (Lipinski definition) is 0. The van der Waals surface area contributed by atoms with E-state index >= 15 is 0 Å². The molecule has 0 saturated carbocycles. The van der Waals surface area contributed by atoms with Crippen molar-refractivity contribution in [2.45, 2.75) is 39.8 Å². The van der Waals surface area contributed by atoms with Gasteiger partial charge in [-0.05, 0) is 37.9 Å². The minimum atomic E-state index is -2.40. The number of nitro benzene ring substituents is 1. The largest absolute Gasteiger partial charge is 0.515 e. The van der Waals surface area contributed by atoms with Gasteiger partial charge in [0, 0.05) is 12.7 Å². The summed E-state index contributed by atoms with van der Waals surface area (Å²) in [5.41, 5.74) is -0.0149. The van der Waals surface area contributed by atoms with Crippen LogP contribution in [-0.4, -0.2) is 20.1 Å². The Bertz CT molecular complexity index is 449. The number of nitro groups is 1. The van der Waals surface area contributed by atoms with Crippen molar-refractivity contribution >= 4 is 14.2 Å². The summed E-state index contributed by atoms with van der Waals surface area (Å²) < 4.78 is 11.6. The molecule has 0 atom stereocenters. The van der Waals surface area contributed by atoms with Gasteiger partial charge >= 0.3 is 14.2 Å². The molecule has 0 unspecified atom stereocenters. The highest BCUT2D eigenvalue weighted by Crippen LogP contribution is 2.28. The van der Waals surface area contributed by atoms with Crippen LogP contribution in [-0.2, 0) is 4.43 Å². The van der Waals surface area contributed by atoms with Crippen LogP contribution in [0.15, 0.2) is 24.3 Å². The summed E-state index contributed by atoms with van der Waals surface area (Å²) >= 11 is 0. The smallest absolute Gasteiger partial charge is 0.392 e. The van der Waals surface area contributed by atoms with E-state index in [2.05, 4.69) is 13.8 Å². The zero-order valence-corrected chi connectivity index (χ0v) is 13.6. The van der Waals surface area contributed by atoms with Crippen LogP contribution in [0, 0.1) is 16.0 Å². The molecule has 6 heteroatoms. The van der Waals surface area contributed by atoms with E-state index in [1.165, 1.54) is 6.07 Å². The molecule has 0 heterocycles. The Morgan fingerprint density at radius 1 is 1.30 bits per heavy atom. The van der Waals surface area contributed by atoms with Crippen LogP contribution >= 0.6 is 0 Å². The summed E-state index contributed by atoms with van der Waals surface area (Å²) in [6.45, 7) is 8.79. The molecule has 0 N–H and O–H groups in total. The molecule has 1 aromatic carbocycles. The monoisotopic (exact) mass is 297 g/mol. The summed E-state index contributed by atoms with van der Waals surface area (Å²) in [7, 11) is -2.40. The number of nitrogens with zero attached hydrogens (tertiary/aromatic N) is 1. The maximum absolute atomic E-state index is 10.9. The highest BCUT2D eigenvalue weighted by Gasteiger charge is 2.29. The molecule has 112 valence electrons. The Labute approximate surface area is 121 Å². The van der Waals surface area contributed by atoms with E-state index in [1.54, 1.807) is 18.2 Å². The van der Waals surface area contributed by atoms with E-state index in [9.17, 15) is 10.1 Å². The predicted molar refractivity (Wildman–Crippen MR) is 81.2 cm³/mol. The van der Waals surface area contributed by atoms with Gasteiger partial charge in [-0.1, -0.05) is 26.0 Å². The summed E-state index contributed by atoms with van der Waals surface area (Å²) in [5.74, 6) is 0.942. The molecule has 0 aliphatic rings. The van der Waals surface area contributed by atoms with E-state index in [-0.39, 0.29) is 11.4 Å². The van der Waals surface area contributed by atoms with Crippen LogP contribution < -0.4 is 4.43 Å². The molecule has 0 bridgehead atoms. The lowest BCUT2D eigenvalue weighted by Gasteiger charge is -2.23. The van der Waals surface area contributed by atoms with Gasteiger partial charge in [0.25, 0.3) is 0 Å². The minimum Gasteiger partial charge on any atom is -0.515 e. The number of rotatable bonds is 8. The zero-order valence-electron chi connectivity index (χ0n) is 12.6. The molecule has 20 heavy (non-hydrogen) atoms. The van der Waals surface area contributed by atoms with Crippen molar-refractivity contribution in [3.8, 4) is 5.75 Å². The molecule has 1 rings (SSSR count). The fourth-order valence-corrected chi connectivity index (χ4v) is 3.20. The number of para-hydroxylation sites is 2. The predicted octanol–water partition coefficient (Wildman–Crippen LogP) is 4.13. The van der Waals surface area contributed by atoms with Crippen molar-refractivity contribution in [2.24, 2.45) is 5.92 Å². The first-order valence-corrected chi connectivity index (χ1v) is 9.70. The highest BCUT2D eigenvalue weighted by atomic mass is 28.4. The summed E-state index contributed by atoms with van der Waals surface area (Å²) in [4.78, 5) is 10.5. The third-order valence-corrected chi connectivity index (χ3v) is 4.40. The third-order valence-electron chi connectivity index (χ3n) is 2.79. The molecule has 0 aliphatic heterocycles. The fourth-order valence-electron chi connectivity index (χ4n) is 1.80. The van der Waals surface area contributed by atoms with Crippen LogP contribution in [0.2, 0.25) is 13.1 Å². The lowest BCUT2D eigenvalue weighted by atomic mass is 10.1. The molecule has 0 aliphatic carbocycles. The lowest BCUT2D eigenvalue weighted by Crippen LogP contribution is -2.38. The molecule has 0 fully saturated rings. The summed E-state index contributed by atoms with van der Waals surface area (Å²) in [6.07, 6.45) is 2.09. The molecule has 0 amide bonds. The van der Waals surface area contributed by atoms with Gasteiger partial charge in [-0.2, -0.15) is 0 Å². The minimum absolute atomic E-state index is 0.0149. The second-order valence-electron chi connectivity index (χ2n) is 5.61. The molecular formula is C14H23NO4Si. The molecule has 1 aromatic rings. The molecular weight excluding hydrogens is 274 g/mol. The third kappa shape index (κ3) is 5.71. The Morgan fingerprint density at radius 3 is 2.55 bits per heavy atom. The normalized spacial score (nSPS) is 11.7. The van der Waals surface area contributed by atoms with Gasteiger partial charge in [0.05, 0.1) is 4.92 Å². The van der Waals surface area contributed by atoms with Gasteiger partial charge in [-0.15, -0.1) is 0 Å².